The molecule has 1 atom stereocenters. The number of carbonyl (C=O) groups is 2. The number of sulfonamides is 1. The van der Waals surface area contributed by atoms with E-state index in [4.69, 9.17) is 4.74 Å². The molecule has 2 aromatic rings. The molecule has 11 heteroatoms. The number of carbonyl (C=O) groups excluding carboxylic acids is 2. The highest BCUT2D eigenvalue weighted by Gasteiger charge is 2.34. The molecule has 0 unspecified atom stereocenters. The molecule has 1 fully saturated rings. The van der Waals surface area contributed by atoms with Crippen molar-refractivity contribution >= 4 is 21.8 Å². The standard InChI is InChI=1S/C19H21FN4O5S/c20-15-4-6-16(7-5-15)30(27,28)24-9-2-10-29-17(24)13-23-19(26)18(25)22-12-14-3-1-8-21-11-14/h1,3-8,11,17H,2,9-10,12-13H2,(H,22,25)(H,23,26)/t17-/m0/s1. The summed E-state index contributed by atoms with van der Waals surface area (Å²) >= 11 is 0. The van der Waals surface area contributed by atoms with Gasteiger partial charge in [0.1, 0.15) is 12.0 Å². The largest absolute Gasteiger partial charge is 0.360 e. The predicted octanol–water partition coefficient (Wildman–Crippen LogP) is 0.390. The third-order valence-corrected chi connectivity index (χ3v) is 6.30. The molecule has 2 amide bonds. The van der Waals surface area contributed by atoms with E-state index in [1.54, 1.807) is 24.5 Å². The summed E-state index contributed by atoms with van der Waals surface area (Å²) in [7, 11) is -3.96. The Morgan fingerprint density at radius 2 is 1.90 bits per heavy atom. The van der Waals surface area contributed by atoms with Crippen LogP contribution in [-0.2, 0) is 30.9 Å². The number of nitrogens with zero attached hydrogens (tertiary/aromatic N) is 2. The van der Waals surface area contributed by atoms with Crippen LogP contribution in [0.1, 0.15) is 12.0 Å². The molecule has 2 heterocycles. The smallest absolute Gasteiger partial charge is 0.309 e. The van der Waals surface area contributed by atoms with E-state index in [0.29, 0.717) is 13.0 Å². The normalized spacial score (nSPS) is 17.3. The number of nitrogens with one attached hydrogen (secondary N) is 2. The molecule has 1 aromatic carbocycles. The van der Waals surface area contributed by atoms with E-state index < -0.39 is 33.9 Å². The first-order valence-corrected chi connectivity index (χ1v) is 10.7. The van der Waals surface area contributed by atoms with Gasteiger partial charge >= 0.3 is 11.8 Å². The monoisotopic (exact) mass is 436 g/mol. The number of rotatable bonds is 6. The van der Waals surface area contributed by atoms with Crippen molar-refractivity contribution < 1.29 is 27.1 Å². The maximum Gasteiger partial charge on any atom is 0.309 e. The Hall–Kier alpha value is -2.89. The molecule has 0 bridgehead atoms. The molecule has 2 N–H and O–H groups in total. The number of aromatic nitrogens is 1. The van der Waals surface area contributed by atoms with Crippen LogP contribution in [0.4, 0.5) is 4.39 Å². The summed E-state index contributed by atoms with van der Waals surface area (Å²) in [5, 5.41) is 4.85. The lowest BCUT2D eigenvalue weighted by atomic mass is 10.3. The number of ether oxygens (including phenoxy) is 1. The van der Waals surface area contributed by atoms with Gasteiger partial charge in [-0.2, -0.15) is 4.31 Å². The Kier molecular flexibility index (Phi) is 7.08. The summed E-state index contributed by atoms with van der Waals surface area (Å²) in [5.74, 6) is -2.32. The van der Waals surface area contributed by atoms with Gasteiger partial charge in [0.25, 0.3) is 0 Å². The maximum atomic E-state index is 13.1. The number of amides is 2. The number of halogens is 1. The van der Waals surface area contributed by atoms with Crippen LogP contribution in [0.3, 0.4) is 0 Å². The Morgan fingerprint density at radius 3 is 2.60 bits per heavy atom. The minimum absolute atomic E-state index is 0.0834. The molecule has 0 saturated carbocycles. The average Bonchev–Trinajstić information content (AvgIpc) is 2.77. The zero-order chi connectivity index (χ0) is 21.6. The lowest BCUT2D eigenvalue weighted by Gasteiger charge is -2.34. The zero-order valence-corrected chi connectivity index (χ0v) is 16.8. The van der Waals surface area contributed by atoms with Gasteiger partial charge in [-0.3, -0.25) is 14.6 Å². The fraction of sp³-hybridized carbons (Fsp3) is 0.316. The van der Waals surface area contributed by atoms with Crippen LogP contribution in [0.5, 0.6) is 0 Å². The quantitative estimate of drug-likeness (QED) is 0.633. The first-order valence-electron chi connectivity index (χ1n) is 9.22. The maximum absolute atomic E-state index is 13.1. The van der Waals surface area contributed by atoms with Crippen LogP contribution in [0.2, 0.25) is 0 Å². The van der Waals surface area contributed by atoms with Gasteiger partial charge < -0.3 is 15.4 Å². The Balaban J connectivity index is 1.59. The van der Waals surface area contributed by atoms with Gasteiger partial charge in [0.15, 0.2) is 0 Å². The van der Waals surface area contributed by atoms with Crippen LogP contribution >= 0.6 is 0 Å². The molecule has 1 saturated heterocycles. The summed E-state index contributed by atoms with van der Waals surface area (Å²) in [4.78, 5) is 27.9. The summed E-state index contributed by atoms with van der Waals surface area (Å²) in [6, 6.07) is 7.90. The van der Waals surface area contributed by atoms with E-state index in [1.807, 2.05) is 0 Å². The van der Waals surface area contributed by atoms with E-state index in [0.717, 1.165) is 22.0 Å². The highest BCUT2D eigenvalue weighted by Crippen LogP contribution is 2.22. The lowest BCUT2D eigenvalue weighted by molar-refractivity contribution is -0.140. The van der Waals surface area contributed by atoms with Gasteiger partial charge in [-0.05, 0) is 42.3 Å². The molecular formula is C19H21FN4O5S. The fourth-order valence-corrected chi connectivity index (χ4v) is 4.44. The molecule has 3 rings (SSSR count). The SMILES string of the molecule is O=C(NCc1cccnc1)C(=O)NC[C@@H]1OCCCN1S(=O)(=O)c1ccc(F)cc1. The van der Waals surface area contributed by atoms with Crippen molar-refractivity contribution in [1.82, 2.24) is 19.9 Å². The summed E-state index contributed by atoms with van der Waals surface area (Å²) in [6.07, 6.45) is 2.64. The number of pyridine rings is 1. The lowest BCUT2D eigenvalue weighted by Crippen LogP contribution is -2.53. The van der Waals surface area contributed by atoms with E-state index in [1.165, 1.54) is 12.1 Å². The van der Waals surface area contributed by atoms with Crippen molar-refractivity contribution in [1.29, 1.82) is 0 Å². The second-order valence-electron chi connectivity index (χ2n) is 6.50. The molecule has 160 valence electrons. The van der Waals surface area contributed by atoms with E-state index >= 15 is 0 Å². The Morgan fingerprint density at radius 1 is 1.17 bits per heavy atom. The van der Waals surface area contributed by atoms with Crippen molar-refractivity contribution in [2.24, 2.45) is 0 Å². The molecule has 9 nitrogen and oxygen atoms in total. The molecule has 1 aliphatic rings. The van der Waals surface area contributed by atoms with Crippen molar-refractivity contribution in [3.63, 3.8) is 0 Å². The summed E-state index contributed by atoms with van der Waals surface area (Å²) in [5.41, 5.74) is 0.728. The second-order valence-corrected chi connectivity index (χ2v) is 8.39. The van der Waals surface area contributed by atoms with Crippen LogP contribution in [0.15, 0.2) is 53.7 Å². The van der Waals surface area contributed by atoms with E-state index in [-0.39, 0.29) is 24.5 Å². The first kappa shape index (κ1) is 21.8. The molecule has 30 heavy (non-hydrogen) atoms. The van der Waals surface area contributed by atoms with Gasteiger partial charge in [0.05, 0.1) is 18.0 Å². The Labute approximate surface area is 173 Å². The van der Waals surface area contributed by atoms with Gasteiger partial charge in [-0.15, -0.1) is 0 Å². The fourth-order valence-electron chi connectivity index (χ4n) is 2.87. The highest BCUT2D eigenvalue weighted by atomic mass is 32.2. The van der Waals surface area contributed by atoms with Crippen molar-refractivity contribution in [3.8, 4) is 0 Å². The van der Waals surface area contributed by atoms with Crippen molar-refractivity contribution in [2.75, 3.05) is 19.7 Å². The summed E-state index contributed by atoms with van der Waals surface area (Å²) < 4.78 is 45.5. The molecule has 0 aliphatic carbocycles. The molecule has 1 aliphatic heterocycles. The summed E-state index contributed by atoms with van der Waals surface area (Å²) in [6.45, 7) is 0.404. The Bertz CT molecular complexity index is 986. The zero-order valence-electron chi connectivity index (χ0n) is 16.0. The van der Waals surface area contributed by atoms with Gasteiger partial charge in [-0.25, -0.2) is 12.8 Å². The second kappa shape index (κ2) is 9.74. The van der Waals surface area contributed by atoms with Crippen molar-refractivity contribution in [3.05, 3.63) is 60.2 Å². The first-order chi connectivity index (χ1) is 14.4. The third-order valence-electron chi connectivity index (χ3n) is 4.39. The van der Waals surface area contributed by atoms with Crippen LogP contribution < -0.4 is 10.6 Å². The van der Waals surface area contributed by atoms with Gasteiger partial charge in [0.2, 0.25) is 10.0 Å². The minimum atomic E-state index is -3.96. The van der Waals surface area contributed by atoms with Crippen LogP contribution in [0, 0.1) is 5.82 Å². The third kappa shape index (κ3) is 5.38. The van der Waals surface area contributed by atoms with E-state index in [9.17, 15) is 22.4 Å². The van der Waals surface area contributed by atoms with Crippen molar-refractivity contribution in [2.45, 2.75) is 24.1 Å². The van der Waals surface area contributed by atoms with Crippen LogP contribution in [0.25, 0.3) is 0 Å². The number of benzene rings is 1. The predicted molar refractivity (Wildman–Crippen MR) is 104 cm³/mol. The average molecular weight is 436 g/mol. The molecule has 1 aromatic heterocycles. The number of hydrogen-bond acceptors (Lipinski definition) is 6. The molecule has 0 spiro atoms. The number of hydrogen-bond donors (Lipinski definition) is 2. The topological polar surface area (TPSA) is 118 Å². The molecular weight excluding hydrogens is 415 g/mol. The highest BCUT2D eigenvalue weighted by molar-refractivity contribution is 7.89. The molecule has 0 radical (unpaired) electrons. The minimum Gasteiger partial charge on any atom is -0.360 e. The van der Waals surface area contributed by atoms with E-state index in [2.05, 4.69) is 15.6 Å². The van der Waals surface area contributed by atoms with Gasteiger partial charge in [-0.1, -0.05) is 6.07 Å². The van der Waals surface area contributed by atoms with Gasteiger partial charge in [0, 0.05) is 25.5 Å². The van der Waals surface area contributed by atoms with Crippen LogP contribution in [-0.4, -0.2) is 55.4 Å².